The number of rotatable bonds is 9. The SMILES string of the molecule is COc1cccc(OCCNC(=O)CN(c2ccc(I)cc2)S(C)(=O)=O)c1. The number of ether oxygens (including phenoxy) is 2. The number of carbonyl (C=O) groups excluding carboxylic acids is 1. The number of sulfonamides is 1. The minimum atomic E-state index is -3.58. The molecule has 0 aliphatic rings. The second-order valence-electron chi connectivity index (χ2n) is 5.62. The third-order valence-corrected chi connectivity index (χ3v) is 5.40. The first-order valence-electron chi connectivity index (χ1n) is 8.06. The number of hydrogen-bond acceptors (Lipinski definition) is 5. The lowest BCUT2D eigenvalue weighted by atomic mass is 10.3. The van der Waals surface area contributed by atoms with Gasteiger partial charge in [-0.1, -0.05) is 6.07 Å². The van der Waals surface area contributed by atoms with Gasteiger partial charge in [-0.15, -0.1) is 0 Å². The number of benzene rings is 2. The summed E-state index contributed by atoms with van der Waals surface area (Å²) in [5.41, 5.74) is 0.445. The molecular weight excluding hydrogens is 483 g/mol. The summed E-state index contributed by atoms with van der Waals surface area (Å²) >= 11 is 2.13. The van der Waals surface area contributed by atoms with E-state index in [9.17, 15) is 13.2 Å². The lowest BCUT2D eigenvalue weighted by Gasteiger charge is -2.22. The fourth-order valence-electron chi connectivity index (χ4n) is 2.24. The van der Waals surface area contributed by atoms with Crippen LogP contribution in [0.4, 0.5) is 5.69 Å². The molecule has 1 amide bonds. The van der Waals surface area contributed by atoms with E-state index in [0.29, 0.717) is 17.2 Å². The maximum Gasteiger partial charge on any atom is 0.240 e. The summed E-state index contributed by atoms with van der Waals surface area (Å²) < 4.78 is 36.8. The van der Waals surface area contributed by atoms with Crippen LogP contribution in [-0.4, -0.2) is 47.4 Å². The number of nitrogens with one attached hydrogen (secondary N) is 1. The molecule has 1 N–H and O–H groups in total. The van der Waals surface area contributed by atoms with Crippen molar-refractivity contribution >= 4 is 44.2 Å². The Bertz CT molecular complexity index is 872. The van der Waals surface area contributed by atoms with Gasteiger partial charge in [0.25, 0.3) is 0 Å². The maximum atomic E-state index is 12.2. The van der Waals surface area contributed by atoms with E-state index in [-0.39, 0.29) is 19.7 Å². The van der Waals surface area contributed by atoms with Crippen LogP contribution in [0.2, 0.25) is 0 Å². The summed E-state index contributed by atoms with van der Waals surface area (Å²) in [4.78, 5) is 12.2. The Morgan fingerprint density at radius 2 is 1.81 bits per heavy atom. The maximum absolute atomic E-state index is 12.2. The van der Waals surface area contributed by atoms with E-state index in [1.165, 1.54) is 0 Å². The van der Waals surface area contributed by atoms with Crippen molar-refractivity contribution in [2.45, 2.75) is 0 Å². The molecule has 0 atom stereocenters. The molecule has 0 saturated heterocycles. The number of hydrogen-bond donors (Lipinski definition) is 1. The van der Waals surface area contributed by atoms with E-state index in [1.54, 1.807) is 55.6 Å². The van der Waals surface area contributed by atoms with Crippen molar-refractivity contribution in [2.24, 2.45) is 0 Å². The Kier molecular flexibility index (Phi) is 7.72. The number of anilines is 1. The molecule has 9 heteroatoms. The first-order chi connectivity index (χ1) is 12.8. The lowest BCUT2D eigenvalue weighted by molar-refractivity contribution is -0.119. The third kappa shape index (κ3) is 6.90. The van der Waals surface area contributed by atoms with Crippen LogP contribution >= 0.6 is 22.6 Å². The van der Waals surface area contributed by atoms with Gasteiger partial charge in [-0.05, 0) is 59.0 Å². The average molecular weight is 504 g/mol. The van der Waals surface area contributed by atoms with Crippen molar-refractivity contribution in [2.75, 3.05) is 37.4 Å². The van der Waals surface area contributed by atoms with E-state index in [0.717, 1.165) is 14.1 Å². The van der Waals surface area contributed by atoms with Crippen molar-refractivity contribution < 1.29 is 22.7 Å². The molecule has 0 aliphatic heterocycles. The molecule has 2 aromatic rings. The minimum absolute atomic E-state index is 0.250. The lowest BCUT2D eigenvalue weighted by Crippen LogP contribution is -2.41. The monoisotopic (exact) mass is 504 g/mol. The predicted octanol–water partition coefficient (Wildman–Crippen LogP) is 2.26. The summed E-state index contributed by atoms with van der Waals surface area (Å²) in [7, 11) is -2.01. The first kappa shape index (κ1) is 21.3. The molecule has 0 fully saturated rings. The van der Waals surface area contributed by atoms with Crippen molar-refractivity contribution in [1.82, 2.24) is 5.32 Å². The van der Waals surface area contributed by atoms with E-state index in [2.05, 4.69) is 27.9 Å². The van der Waals surface area contributed by atoms with Gasteiger partial charge in [0.15, 0.2) is 0 Å². The minimum Gasteiger partial charge on any atom is -0.497 e. The first-order valence-corrected chi connectivity index (χ1v) is 11.0. The Labute approximate surface area is 172 Å². The van der Waals surface area contributed by atoms with Gasteiger partial charge in [0, 0.05) is 9.64 Å². The van der Waals surface area contributed by atoms with Crippen LogP contribution < -0.4 is 19.1 Å². The van der Waals surface area contributed by atoms with E-state index >= 15 is 0 Å². The highest BCUT2D eigenvalue weighted by molar-refractivity contribution is 14.1. The molecule has 0 bridgehead atoms. The molecule has 0 unspecified atom stereocenters. The number of halogens is 1. The van der Waals surface area contributed by atoms with Crippen LogP contribution in [0.5, 0.6) is 11.5 Å². The van der Waals surface area contributed by atoms with Crippen LogP contribution in [-0.2, 0) is 14.8 Å². The van der Waals surface area contributed by atoms with E-state index in [1.807, 2.05) is 0 Å². The highest BCUT2D eigenvalue weighted by atomic mass is 127. The molecule has 2 aromatic carbocycles. The molecule has 0 heterocycles. The van der Waals surface area contributed by atoms with Crippen LogP contribution in [0.15, 0.2) is 48.5 Å². The molecule has 0 radical (unpaired) electrons. The largest absolute Gasteiger partial charge is 0.497 e. The summed E-state index contributed by atoms with van der Waals surface area (Å²) in [6.07, 6.45) is 1.07. The van der Waals surface area contributed by atoms with Gasteiger partial charge in [-0.3, -0.25) is 9.10 Å². The Hall–Kier alpha value is -2.01. The van der Waals surface area contributed by atoms with Gasteiger partial charge < -0.3 is 14.8 Å². The van der Waals surface area contributed by atoms with Crippen molar-refractivity contribution in [3.05, 3.63) is 52.1 Å². The number of amides is 1. The molecule has 2 rings (SSSR count). The second-order valence-corrected chi connectivity index (χ2v) is 8.78. The molecule has 0 aromatic heterocycles. The second kappa shape index (κ2) is 9.79. The molecule has 146 valence electrons. The molecule has 27 heavy (non-hydrogen) atoms. The van der Waals surface area contributed by atoms with E-state index < -0.39 is 15.9 Å². The smallest absolute Gasteiger partial charge is 0.240 e. The highest BCUT2D eigenvalue weighted by Gasteiger charge is 2.20. The molecular formula is C18H21IN2O5S. The van der Waals surface area contributed by atoms with Gasteiger partial charge in [0.2, 0.25) is 15.9 Å². The topological polar surface area (TPSA) is 84.9 Å². The van der Waals surface area contributed by atoms with Gasteiger partial charge in [0.05, 0.1) is 25.6 Å². The zero-order chi connectivity index (χ0) is 19.9. The third-order valence-electron chi connectivity index (χ3n) is 3.54. The summed E-state index contributed by atoms with van der Waals surface area (Å²) in [5, 5.41) is 2.66. The number of nitrogens with zero attached hydrogens (tertiary/aromatic N) is 1. The summed E-state index contributed by atoms with van der Waals surface area (Å²) in [6, 6.07) is 14.0. The van der Waals surface area contributed by atoms with Gasteiger partial charge in [-0.2, -0.15) is 0 Å². The van der Waals surface area contributed by atoms with Crippen LogP contribution in [0.25, 0.3) is 0 Å². The fourth-order valence-corrected chi connectivity index (χ4v) is 3.46. The number of methoxy groups -OCH3 is 1. The van der Waals surface area contributed by atoms with Crippen LogP contribution in [0.3, 0.4) is 0 Å². The standard InChI is InChI=1S/C18H21IN2O5S/c1-25-16-4-3-5-17(12-16)26-11-10-20-18(22)13-21(27(2,23)24)15-8-6-14(19)7-9-15/h3-9,12H,10-11,13H2,1-2H3,(H,20,22). The fraction of sp³-hybridized carbons (Fsp3) is 0.278. The summed E-state index contributed by atoms with van der Waals surface area (Å²) in [6.45, 7) is 0.209. The number of carbonyl (C=O) groups is 1. The van der Waals surface area contributed by atoms with Gasteiger partial charge in [-0.25, -0.2) is 8.42 Å². The molecule has 0 saturated carbocycles. The van der Waals surface area contributed by atoms with Gasteiger partial charge >= 0.3 is 0 Å². The van der Waals surface area contributed by atoms with Crippen molar-refractivity contribution in [3.8, 4) is 11.5 Å². The van der Waals surface area contributed by atoms with Crippen LogP contribution in [0.1, 0.15) is 0 Å². The summed E-state index contributed by atoms with van der Waals surface area (Å²) in [5.74, 6) is 0.895. The van der Waals surface area contributed by atoms with Crippen molar-refractivity contribution in [1.29, 1.82) is 0 Å². The molecule has 0 aliphatic carbocycles. The van der Waals surface area contributed by atoms with E-state index in [4.69, 9.17) is 9.47 Å². The van der Waals surface area contributed by atoms with Gasteiger partial charge in [0.1, 0.15) is 24.7 Å². The van der Waals surface area contributed by atoms with Crippen molar-refractivity contribution in [3.63, 3.8) is 0 Å². The zero-order valence-electron chi connectivity index (χ0n) is 15.0. The predicted molar refractivity (Wildman–Crippen MR) is 113 cm³/mol. The Morgan fingerprint density at radius 1 is 1.15 bits per heavy atom. The quantitative estimate of drug-likeness (QED) is 0.419. The Morgan fingerprint density at radius 3 is 2.44 bits per heavy atom. The zero-order valence-corrected chi connectivity index (χ0v) is 18.0. The van der Waals surface area contributed by atoms with Crippen LogP contribution in [0, 0.1) is 3.57 Å². The molecule has 0 spiro atoms. The highest BCUT2D eigenvalue weighted by Crippen LogP contribution is 2.19. The average Bonchev–Trinajstić information content (AvgIpc) is 2.63. The molecule has 7 nitrogen and oxygen atoms in total. The Balaban J connectivity index is 1.87. The normalized spacial score (nSPS) is 10.9.